The molecule has 0 aliphatic rings. The molecule has 1 atom stereocenters. The minimum atomic E-state index is -0.687. The zero-order valence-electron chi connectivity index (χ0n) is 17.4. The number of hydrogen-bond donors (Lipinski definition) is 3. The minimum absolute atomic E-state index is 0. The van der Waals surface area contributed by atoms with E-state index >= 15 is 0 Å². The SMILES string of the molecule is CCCC(=O)Nc1ccc(OCC(O)CNC(C)C)c(C(=O)CN(C)C)c1.Cl. The number of amides is 1. The average Bonchev–Trinajstić information content (AvgIpc) is 2.58. The summed E-state index contributed by atoms with van der Waals surface area (Å²) in [6.07, 6.45) is 0.490. The van der Waals surface area contributed by atoms with E-state index in [1.54, 1.807) is 23.1 Å². The second-order valence-electron chi connectivity index (χ2n) is 7.20. The van der Waals surface area contributed by atoms with Crippen LogP contribution >= 0.6 is 12.4 Å². The number of nitrogens with zero attached hydrogens (tertiary/aromatic N) is 1. The standard InChI is InChI=1S/C20H33N3O4.ClH/c1-6-7-20(26)22-15-8-9-19(17(10-15)18(25)12-23(4)5)27-13-16(24)11-21-14(2)3;/h8-10,14,16,21,24H,6-7,11-13H2,1-5H3,(H,22,26);1H. The summed E-state index contributed by atoms with van der Waals surface area (Å²) in [5.74, 6) is 0.197. The van der Waals surface area contributed by atoms with E-state index in [1.807, 2.05) is 34.9 Å². The summed E-state index contributed by atoms with van der Waals surface area (Å²) in [7, 11) is 3.62. The Morgan fingerprint density at radius 1 is 1.25 bits per heavy atom. The molecule has 0 spiro atoms. The van der Waals surface area contributed by atoms with Crippen molar-refractivity contribution in [1.82, 2.24) is 10.2 Å². The molecule has 7 nitrogen and oxygen atoms in total. The van der Waals surface area contributed by atoms with Crippen molar-refractivity contribution in [2.45, 2.75) is 45.8 Å². The summed E-state index contributed by atoms with van der Waals surface area (Å²) in [6, 6.07) is 5.26. The number of benzene rings is 1. The Kier molecular flexibility index (Phi) is 12.7. The number of aliphatic hydroxyl groups is 1. The second kappa shape index (κ2) is 13.5. The van der Waals surface area contributed by atoms with E-state index in [4.69, 9.17) is 4.74 Å². The highest BCUT2D eigenvalue weighted by atomic mass is 35.5. The first kappa shape index (κ1) is 26.3. The molecule has 3 N–H and O–H groups in total. The molecule has 0 saturated carbocycles. The van der Waals surface area contributed by atoms with Gasteiger partial charge in [0.15, 0.2) is 5.78 Å². The van der Waals surface area contributed by atoms with E-state index in [0.29, 0.717) is 30.0 Å². The van der Waals surface area contributed by atoms with Crippen molar-refractivity contribution in [2.75, 3.05) is 39.1 Å². The van der Waals surface area contributed by atoms with Gasteiger partial charge in [-0.05, 0) is 38.7 Å². The number of ether oxygens (including phenoxy) is 1. The maximum Gasteiger partial charge on any atom is 0.224 e. The molecule has 28 heavy (non-hydrogen) atoms. The second-order valence-corrected chi connectivity index (χ2v) is 7.20. The van der Waals surface area contributed by atoms with Crippen LogP contribution in [0.5, 0.6) is 5.75 Å². The van der Waals surface area contributed by atoms with Crippen LogP contribution in [0.15, 0.2) is 18.2 Å². The van der Waals surface area contributed by atoms with Gasteiger partial charge in [-0.2, -0.15) is 0 Å². The fourth-order valence-electron chi connectivity index (χ4n) is 2.39. The monoisotopic (exact) mass is 415 g/mol. The molecule has 0 aliphatic carbocycles. The van der Waals surface area contributed by atoms with Gasteiger partial charge in [0.1, 0.15) is 18.5 Å². The first-order valence-corrected chi connectivity index (χ1v) is 9.39. The Labute approximate surface area is 174 Å². The van der Waals surface area contributed by atoms with Crippen LogP contribution < -0.4 is 15.4 Å². The van der Waals surface area contributed by atoms with Crippen LogP contribution in [0.25, 0.3) is 0 Å². The topological polar surface area (TPSA) is 90.9 Å². The number of carbonyl (C=O) groups is 2. The van der Waals surface area contributed by atoms with Gasteiger partial charge in [-0.3, -0.25) is 9.59 Å². The fraction of sp³-hybridized carbons (Fsp3) is 0.600. The summed E-state index contributed by atoms with van der Waals surface area (Å²) in [5.41, 5.74) is 0.951. The van der Waals surface area contributed by atoms with Crippen LogP contribution in [0.1, 0.15) is 44.0 Å². The lowest BCUT2D eigenvalue weighted by Crippen LogP contribution is -2.35. The fourth-order valence-corrected chi connectivity index (χ4v) is 2.39. The highest BCUT2D eigenvalue weighted by molar-refractivity contribution is 6.02. The third-order valence-corrected chi connectivity index (χ3v) is 3.69. The van der Waals surface area contributed by atoms with E-state index in [9.17, 15) is 14.7 Å². The van der Waals surface area contributed by atoms with Crippen LogP contribution in [-0.4, -0.2) is 67.6 Å². The molecule has 0 aliphatic heterocycles. The van der Waals surface area contributed by atoms with Crippen LogP contribution in [0.2, 0.25) is 0 Å². The summed E-state index contributed by atoms with van der Waals surface area (Å²) < 4.78 is 5.70. The van der Waals surface area contributed by atoms with Crippen molar-refractivity contribution >= 4 is 29.8 Å². The number of hydrogen-bond acceptors (Lipinski definition) is 6. The van der Waals surface area contributed by atoms with Crippen LogP contribution in [0.4, 0.5) is 5.69 Å². The molecule has 0 saturated heterocycles. The summed E-state index contributed by atoms with van der Waals surface area (Å²) in [4.78, 5) is 26.2. The predicted octanol–water partition coefficient (Wildman–Crippen LogP) is 2.33. The van der Waals surface area contributed by atoms with Gasteiger partial charge in [0.2, 0.25) is 5.91 Å². The highest BCUT2D eigenvalue weighted by Crippen LogP contribution is 2.24. The Hall–Kier alpha value is -1.67. The molecule has 160 valence electrons. The van der Waals surface area contributed by atoms with Crippen LogP contribution in [0.3, 0.4) is 0 Å². The number of ketones is 1. The number of halogens is 1. The highest BCUT2D eigenvalue weighted by Gasteiger charge is 2.16. The van der Waals surface area contributed by atoms with Crippen molar-refractivity contribution < 1.29 is 19.4 Å². The Bertz CT molecular complexity index is 623. The number of nitrogens with one attached hydrogen (secondary N) is 2. The normalized spacial score (nSPS) is 11.9. The Morgan fingerprint density at radius 2 is 1.93 bits per heavy atom. The molecule has 8 heteroatoms. The lowest BCUT2D eigenvalue weighted by molar-refractivity contribution is -0.116. The summed E-state index contributed by atoms with van der Waals surface area (Å²) in [5, 5.41) is 16.0. The lowest BCUT2D eigenvalue weighted by Gasteiger charge is -2.18. The van der Waals surface area contributed by atoms with Gasteiger partial charge in [-0.1, -0.05) is 20.8 Å². The lowest BCUT2D eigenvalue weighted by atomic mass is 10.1. The molecule has 0 heterocycles. The largest absolute Gasteiger partial charge is 0.490 e. The first-order chi connectivity index (χ1) is 12.7. The molecule has 1 aromatic carbocycles. The average molecular weight is 416 g/mol. The molecule has 0 radical (unpaired) electrons. The zero-order chi connectivity index (χ0) is 20.4. The van der Waals surface area contributed by atoms with Gasteiger partial charge < -0.3 is 25.4 Å². The first-order valence-electron chi connectivity index (χ1n) is 9.39. The maximum atomic E-state index is 12.6. The molecular weight excluding hydrogens is 382 g/mol. The van der Waals surface area contributed by atoms with Crippen molar-refractivity contribution in [3.8, 4) is 5.75 Å². The maximum absolute atomic E-state index is 12.6. The molecule has 0 aromatic heterocycles. The van der Waals surface area contributed by atoms with Crippen molar-refractivity contribution in [2.24, 2.45) is 0 Å². The number of likely N-dealkylation sites (N-methyl/N-ethyl adjacent to an activating group) is 1. The van der Waals surface area contributed by atoms with E-state index in [0.717, 1.165) is 6.42 Å². The van der Waals surface area contributed by atoms with Gasteiger partial charge in [0.25, 0.3) is 0 Å². The molecule has 1 rings (SSSR count). The number of carbonyl (C=O) groups excluding carboxylic acids is 2. The van der Waals surface area contributed by atoms with Gasteiger partial charge >= 0.3 is 0 Å². The Morgan fingerprint density at radius 3 is 2.50 bits per heavy atom. The zero-order valence-corrected chi connectivity index (χ0v) is 18.3. The van der Waals surface area contributed by atoms with Crippen molar-refractivity contribution in [3.63, 3.8) is 0 Å². The quantitative estimate of drug-likeness (QED) is 0.454. The molecule has 0 fully saturated rings. The van der Waals surface area contributed by atoms with Crippen LogP contribution in [-0.2, 0) is 4.79 Å². The molecule has 1 aromatic rings. The van der Waals surface area contributed by atoms with Gasteiger partial charge in [0, 0.05) is 24.7 Å². The molecule has 0 bridgehead atoms. The smallest absolute Gasteiger partial charge is 0.224 e. The van der Waals surface area contributed by atoms with Gasteiger partial charge in [-0.15, -0.1) is 12.4 Å². The van der Waals surface area contributed by atoms with Gasteiger partial charge in [-0.25, -0.2) is 0 Å². The third kappa shape index (κ3) is 10.0. The minimum Gasteiger partial charge on any atom is -0.490 e. The number of rotatable bonds is 12. The van der Waals surface area contributed by atoms with E-state index in [-0.39, 0.29) is 43.3 Å². The van der Waals surface area contributed by atoms with E-state index < -0.39 is 6.10 Å². The third-order valence-electron chi connectivity index (χ3n) is 3.69. The number of anilines is 1. The Balaban J connectivity index is 0.00000729. The summed E-state index contributed by atoms with van der Waals surface area (Å²) in [6.45, 7) is 6.63. The van der Waals surface area contributed by atoms with E-state index in [2.05, 4.69) is 10.6 Å². The molecule has 1 unspecified atom stereocenters. The van der Waals surface area contributed by atoms with Crippen molar-refractivity contribution in [3.05, 3.63) is 23.8 Å². The van der Waals surface area contributed by atoms with Gasteiger partial charge in [0.05, 0.1) is 12.1 Å². The summed E-state index contributed by atoms with van der Waals surface area (Å²) >= 11 is 0. The molecule has 1 amide bonds. The number of Topliss-reactive ketones (excluding diaryl/α,β-unsaturated/α-hetero) is 1. The number of aliphatic hydroxyl groups excluding tert-OH is 1. The predicted molar refractivity (Wildman–Crippen MR) is 115 cm³/mol. The molecular formula is C20H34ClN3O4. The van der Waals surface area contributed by atoms with Crippen molar-refractivity contribution in [1.29, 1.82) is 0 Å². The van der Waals surface area contributed by atoms with Crippen LogP contribution in [0, 0.1) is 0 Å². The van der Waals surface area contributed by atoms with E-state index in [1.165, 1.54) is 0 Å².